The van der Waals surface area contributed by atoms with Gasteiger partial charge in [0.15, 0.2) is 0 Å². The van der Waals surface area contributed by atoms with Crippen molar-refractivity contribution in [2.24, 2.45) is 5.92 Å². The van der Waals surface area contributed by atoms with Gasteiger partial charge >= 0.3 is 5.56 Å². The van der Waals surface area contributed by atoms with Gasteiger partial charge in [0, 0.05) is 0 Å². The van der Waals surface area contributed by atoms with Crippen molar-refractivity contribution in [3.05, 3.63) is 27.9 Å². The van der Waals surface area contributed by atoms with E-state index >= 15 is 0 Å². The summed E-state index contributed by atoms with van der Waals surface area (Å²) in [6.07, 6.45) is 2.17. The Morgan fingerprint density at radius 1 is 1.40 bits per heavy atom. The van der Waals surface area contributed by atoms with Crippen LogP contribution in [0.3, 0.4) is 0 Å². The molecule has 0 fully saturated rings. The molecule has 0 aromatic carbocycles. The molecule has 0 radical (unpaired) electrons. The van der Waals surface area contributed by atoms with Crippen LogP contribution in [0.5, 0.6) is 0 Å². The quantitative estimate of drug-likeness (QED) is 0.774. The smallest absolute Gasteiger partial charge is 0.304 e. The summed E-state index contributed by atoms with van der Waals surface area (Å²) >= 11 is 0. The van der Waals surface area contributed by atoms with E-state index in [9.17, 15) is 10.0 Å². The van der Waals surface area contributed by atoms with Gasteiger partial charge in [-0.1, -0.05) is 27.7 Å². The molecule has 0 saturated heterocycles. The first-order valence-corrected chi connectivity index (χ1v) is 5.23. The van der Waals surface area contributed by atoms with Gasteiger partial charge in [-0.3, -0.25) is 9.78 Å². The summed E-state index contributed by atoms with van der Waals surface area (Å²) in [4.78, 5) is 15.8. The average molecular weight is 210 g/mol. The predicted molar refractivity (Wildman–Crippen MR) is 58.3 cm³/mol. The Labute approximate surface area is 89.5 Å². The van der Waals surface area contributed by atoms with Crippen molar-refractivity contribution in [1.29, 1.82) is 0 Å². The van der Waals surface area contributed by atoms with E-state index in [4.69, 9.17) is 0 Å². The maximum Gasteiger partial charge on any atom is 0.304 e. The van der Waals surface area contributed by atoms with Crippen LogP contribution in [0.2, 0.25) is 0 Å². The minimum absolute atomic E-state index is 0.0864. The number of nitrogens with zero attached hydrogens (tertiary/aromatic N) is 2. The molecule has 1 N–H and O–H groups in total. The van der Waals surface area contributed by atoms with Crippen LogP contribution < -0.4 is 5.56 Å². The topological polar surface area (TPSA) is 55.1 Å². The lowest BCUT2D eigenvalue weighted by atomic mass is 10.1. The molecule has 4 nitrogen and oxygen atoms in total. The Bertz CT molecular complexity index is 394. The van der Waals surface area contributed by atoms with E-state index in [1.807, 2.05) is 27.7 Å². The van der Waals surface area contributed by atoms with Crippen LogP contribution in [-0.4, -0.2) is 14.9 Å². The Morgan fingerprint density at radius 3 is 2.47 bits per heavy atom. The molecule has 1 aromatic heterocycles. The summed E-state index contributed by atoms with van der Waals surface area (Å²) < 4.78 is 0.718. The summed E-state index contributed by atoms with van der Waals surface area (Å²) in [6, 6.07) is 0. The van der Waals surface area contributed by atoms with Gasteiger partial charge in [0.2, 0.25) is 0 Å². The zero-order chi connectivity index (χ0) is 11.6. The lowest BCUT2D eigenvalue weighted by molar-refractivity contribution is 0.159. The van der Waals surface area contributed by atoms with Gasteiger partial charge in [-0.25, -0.2) is 0 Å². The first kappa shape index (κ1) is 11.8. The van der Waals surface area contributed by atoms with Crippen LogP contribution in [0.4, 0.5) is 0 Å². The van der Waals surface area contributed by atoms with Crippen LogP contribution >= 0.6 is 0 Å². The van der Waals surface area contributed by atoms with Crippen LogP contribution in [0.1, 0.15) is 45.0 Å². The second kappa shape index (κ2) is 4.47. The molecule has 0 unspecified atom stereocenters. The molecule has 1 heterocycles. The molecule has 84 valence electrons. The average Bonchev–Trinajstić information content (AvgIpc) is 2.12. The highest BCUT2D eigenvalue weighted by atomic mass is 16.5. The SMILES string of the molecule is CC(C)Cc1ncc(C(C)C)n(O)c1=O. The van der Waals surface area contributed by atoms with Gasteiger partial charge in [-0.15, -0.1) is 4.73 Å². The second-order valence-electron chi connectivity index (χ2n) is 4.50. The number of aromatic nitrogens is 2. The van der Waals surface area contributed by atoms with Crippen molar-refractivity contribution < 1.29 is 5.21 Å². The standard InChI is InChI=1S/C11H18N2O2/c1-7(2)5-9-11(14)13(15)10(6-12-9)8(3)4/h6-8,15H,5H2,1-4H3. The van der Waals surface area contributed by atoms with Gasteiger partial charge in [0.1, 0.15) is 5.69 Å². The molecule has 4 heteroatoms. The Hall–Kier alpha value is -1.32. The summed E-state index contributed by atoms with van der Waals surface area (Å²) in [5.74, 6) is 0.443. The molecular formula is C11H18N2O2. The van der Waals surface area contributed by atoms with E-state index in [0.29, 0.717) is 23.7 Å². The van der Waals surface area contributed by atoms with E-state index in [0.717, 1.165) is 4.73 Å². The fourth-order valence-corrected chi connectivity index (χ4v) is 1.41. The number of rotatable bonds is 3. The summed E-state index contributed by atoms with van der Waals surface area (Å²) in [5, 5.41) is 9.63. The van der Waals surface area contributed by atoms with Crippen LogP contribution in [0, 0.1) is 5.92 Å². The second-order valence-corrected chi connectivity index (χ2v) is 4.50. The molecule has 15 heavy (non-hydrogen) atoms. The highest BCUT2D eigenvalue weighted by Crippen LogP contribution is 2.10. The molecule has 0 aliphatic rings. The molecule has 0 atom stereocenters. The minimum Gasteiger partial charge on any atom is -0.425 e. The zero-order valence-electron chi connectivity index (χ0n) is 9.69. The van der Waals surface area contributed by atoms with Gasteiger partial charge in [-0.05, 0) is 18.3 Å². The largest absolute Gasteiger partial charge is 0.425 e. The monoisotopic (exact) mass is 210 g/mol. The first-order chi connectivity index (χ1) is 6.93. The molecule has 1 aromatic rings. The maximum atomic E-state index is 11.7. The fourth-order valence-electron chi connectivity index (χ4n) is 1.41. The van der Waals surface area contributed by atoms with Gasteiger partial charge in [-0.2, -0.15) is 0 Å². The third-order valence-corrected chi connectivity index (χ3v) is 2.23. The maximum absolute atomic E-state index is 11.7. The van der Waals surface area contributed by atoms with E-state index in [1.54, 1.807) is 6.20 Å². The van der Waals surface area contributed by atoms with Crippen LogP contribution in [0.15, 0.2) is 11.0 Å². The fraction of sp³-hybridized carbons (Fsp3) is 0.636. The molecule has 0 bridgehead atoms. The summed E-state index contributed by atoms with van der Waals surface area (Å²) in [5.41, 5.74) is 0.583. The van der Waals surface area contributed by atoms with E-state index in [2.05, 4.69) is 4.98 Å². The van der Waals surface area contributed by atoms with Crippen molar-refractivity contribution in [2.45, 2.75) is 40.0 Å². The Kier molecular flexibility index (Phi) is 3.50. The molecule has 0 amide bonds. The highest BCUT2D eigenvalue weighted by molar-refractivity contribution is 5.08. The van der Waals surface area contributed by atoms with Gasteiger partial charge in [0.05, 0.1) is 11.9 Å². The van der Waals surface area contributed by atoms with Crippen molar-refractivity contribution >= 4 is 0 Å². The third-order valence-electron chi connectivity index (χ3n) is 2.23. The summed E-state index contributed by atoms with van der Waals surface area (Å²) in [6.45, 7) is 7.84. The van der Waals surface area contributed by atoms with Crippen molar-refractivity contribution in [1.82, 2.24) is 9.71 Å². The first-order valence-electron chi connectivity index (χ1n) is 5.23. The van der Waals surface area contributed by atoms with E-state index < -0.39 is 5.56 Å². The van der Waals surface area contributed by atoms with E-state index in [-0.39, 0.29) is 5.92 Å². The molecule has 0 aliphatic carbocycles. The highest BCUT2D eigenvalue weighted by Gasteiger charge is 2.12. The lowest BCUT2D eigenvalue weighted by Gasteiger charge is -2.11. The third kappa shape index (κ3) is 2.58. The molecular weight excluding hydrogens is 192 g/mol. The van der Waals surface area contributed by atoms with Gasteiger partial charge < -0.3 is 5.21 Å². The van der Waals surface area contributed by atoms with Crippen LogP contribution in [0.25, 0.3) is 0 Å². The van der Waals surface area contributed by atoms with Gasteiger partial charge in [0.25, 0.3) is 0 Å². The Morgan fingerprint density at radius 2 is 2.00 bits per heavy atom. The summed E-state index contributed by atoms with van der Waals surface area (Å²) in [7, 11) is 0. The molecule has 0 spiro atoms. The van der Waals surface area contributed by atoms with Crippen molar-refractivity contribution in [3.8, 4) is 0 Å². The number of hydrogen-bond acceptors (Lipinski definition) is 3. The predicted octanol–water partition coefficient (Wildman–Crippen LogP) is 1.80. The molecule has 1 rings (SSSR count). The number of hydrogen-bond donors (Lipinski definition) is 1. The normalized spacial score (nSPS) is 11.3. The van der Waals surface area contributed by atoms with Crippen LogP contribution in [-0.2, 0) is 6.42 Å². The zero-order valence-corrected chi connectivity index (χ0v) is 9.69. The molecule has 0 saturated carbocycles. The molecule has 0 aliphatic heterocycles. The minimum atomic E-state index is -0.394. The Balaban J connectivity index is 3.16. The lowest BCUT2D eigenvalue weighted by Crippen LogP contribution is -2.27. The van der Waals surface area contributed by atoms with Crippen molar-refractivity contribution in [3.63, 3.8) is 0 Å². The van der Waals surface area contributed by atoms with Crippen molar-refractivity contribution in [2.75, 3.05) is 0 Å². The van der Waals surface area contributed by atoms with E-state index in [1.165, 1.54) is 0 Å².